The van der Waals surface area contributed by atoms with Crippen molar-refractivity contribution in [3.8, 4) is 0 Å². The third kappa shape index (κ3) is 6.87. The third-order valence-corrected chi connectivity index (χ3v) is 2.86. The highest BCUT2D eigenvalue weighted by Gasteiger charge is 2.07. The summed E-state index contributed by atoms with van der Waals surface area (Å²) >= 11 is 3.04. The van der Waals surface area contributed by atoms with Gasteiger partial charge in [0.25, 0.3) is 5.91 Å². The quantitative estimate of drug-likeness (QED) is 0.735. The van der Waals surface area contributed by atoms with E-state index in [1.165, 1.54) is 18.2 Å². The number of benzene rings is 1. The Morgan fingerprint density at radius 1 is 1.37 bits per heavy atom. The van der Waals surface area contributed by atoms with E-state index >= 15 is 0 Å². The Bertz CT molecular complexity index is 407. The normalized spacial score (nSPS) is 9.84. The van der Waals surface area contributed by atoms with Crippen molar-refractivity contribution >= 4 is 34.2 Å². The van der Waals surface area contributed by atoms with Crippen LogP contribution in [0.5, 0.6) is 0 Å². The number of halogens is 3. The van der Waals surface area contributed by atoms with Crippen LogP contribution in [0.15, 0.2) is 22.7 Å². The molecule has 0 aromatic heterocycles. The van der Waals surface area contributed by atoms with Crippen molar-refractivity contribution in [3.63, 3.8) is 0 Å². The van der Waals surface area contributed by atoms with Crippen LogP contribution >= 0.6 is 28.3 Å². The zero-order chi connectivity index (χ0) is 13.4. The van der Waals surface area contributed by atoms with Gasteiger partial charge in [-0.3, -0.25) is 4.79 Å². The lowest BCUT2D eigenvalue weighted by atomic mass is 10.2. The predicted molar refractivity (Wildman–Crippen MR) is 78.4 cm³/mol. The van der Waals surface area contributed by atoms with Gasteiger partial charge in [-0.1, -0.05) is 0 Å². The third-order valence-electron chi connectivity index (χ3n) is 2.25. The molecule has 7 heteroatoms. The van der Waals surface area contributed by atoms with Crippen LogP contribution < -0.4 is 10.6 Å². The van der Waals surface area contributed by atoms with Crippen molar-refractivity contribution in [2.45, 2.75) is 0 Å². The number of rotatable bonds is 7. The summed E-state index contributed by atoms with van der Waals surface area (Å²) in [5.41, 5.74) is 0.431. The van der Waals surface area contributed by atoms with Gasteiger partial charge in [0.2, 0.25) is 0 Å². The molecule has 0 spiro atoms. The Morgan fingerprint density at radius 2 is 2.11 bits per heavy atom. The molecule has 0 saturated heterocycles. The van der Waals surface area contributed by atoms with Crippen molar-refractivity contribution < 1.29 is 13.9 Å². The second-order valence-corrected chi connectivity index (χ2v) is 4.48. The molecular formula is C12H17BrClFN2O2. The number of carbonyl (C=O) groups excluding carboxylic acids is 1. The van der Waals surface area contributed by atoms with Crippen LogP contribution in [0.4, 0.5) is 4.39 Å². The average molecular weight is 356 g/mol. The summed E-state index contributed by atoms with van der Waals surface area (Å²) in [5.74, 6) is -0.600. The lowest BCUT2D eigenvalue weighted by Crippen LogP contribution is -2.33. The number of carbonyl (C=O) groups is 1. The molecule has 2 N–H and O–H groups in total. The molecule has 108 valence electrons. The van der Waals surface area contributed by atoms with Crippen molar-refractivity contribution in [1.29, 1.82) is 0 Å². The van der Waals surface area contributed by atoms with E-state index < -0.39 is 0 Å². The molecule has 0 aliphatic heterocycles. The smallest absolute Gasteiger partial charge is 0.251 e. The van der Waals surface area contributed by atoms with E-state index in [0.29, 0.717) is 25.3 Å². The highest BCUT2D eigenvalue weighted by atomic mass is 79.9. The van der Waals surface area contributed by atoms with Crippen molar-refractivity contribution in [3.05, 3.63) is 34.1 Å². The molecule has 1 aromatic carbocycles. The Kier molecular flexibility index (Phi) is 9.77. The molecule has 1 aromatic rings. The van der Waals surface area contributed by atoms with E-state index in [1.54, 1.807) is 7.11 Å². The van der Waals surface area contributed by atoms with E-state index in [9.17, 15) is 9.18 Å². The zero-order valence-corrected chi connectivity index (χ0v) is 12.9. The Labute approximate surface area is 126 Å². The average Bonchev–Trinajstić information content (AvgIpc) is 2.36. The minimum atomic E-state index is -0.382. The van der Waals surface area contributed by atoms with Crippen molar-refractivity contribution in [2.75, 3.05) is 33.4 Å². The van der Waals surface area contributed by atoms with Gasteiger partial charge < -0.3 is 15.4 Å². The fraction of sp³-hybridized carbons (Fsp3) is 0.417. The maximum Gasteiger partial charge on any atom is 0.251 e. The fourth-order valence-corrected chi connectivity index (χ4v) is 1.68. The molecule has 1 amide bonds. The summed E-state index contributed by atoms with van der Waals surface area (Å²) in [7, 11) is 1.63. The number of hydrogen-bond acceptors (Lipinski definition) is 3. The maximum atomic E-state index is 13.0. The zero-order valence-electron chi connectivity index (χ0n) is 10.5. The van der Waals surface area contributed by atoms with Gasteiger partial charge in [-0.25, -0.2) is 4.39 Å². The number of nitrogens with one attached hydrogen (secondary N) is 2. The minimum absolute atomic E-state index is 0. The molecule has 19 heavy (non-hydrogen) atoms. The van der Waals surface area contributed by atoms with Crippen LogP contribution in [0.25, 0.3) is 0 Å². The van der Waals surface area contributed by atoms with Gasteiger partial charge in [0.15, 0.2) is 0 Å². The van der Waals surface area contributed by atoms with Crippen LogP contribution in [-0.4, -0.2) is 39.3 Å². The first-order valence-corrected chi connectivity index (χ1v) is 6.37. The van der Waals surface area contributed by atoms with Gasteiger partial charge >= 0.3 is 0 Å². The molecule has 4 nitrogen and oxygen atoms in total. The summed E-state index contributed by atoms with van der Waals surface area (Å²) in [6.07, 6.45) is 0. The molecule has 1 rings (SSSR count). The number of ether oxygens (including phenoxy) is 1. The molecule has 0 saturated carbocycles. The lowest BCUT2D eigenvalue weighted by Gasteiger charge is -2.07. The summed E-state index contributed by atoms with van der Waals surface area (Å²) in [5, 5.41) is 5.84. The first kappa shape index (κ1) is 18.3. The number of amides is 1. The van der Waals surface area contributed by atoms with Crippen LogP contribution in [0.2, 0.25) is 0 Å². The first-order chi connectivity index (χ1) is 8.65. The van der Waals surface area contributed by atoms with E-state index in [1.807, 2.05) is 0 Å². The highest BCUT2D eigenvalue weighted by molar-refractivity contribution is 9.10. The van der Waals surface area contributed by atoms with Gasteiger partial charge in [-0.2, -0.15) is 0 Å². The van der Waals surface area contributed by atoms with E-state index in [-0.39, 0.29) is 28.6 Å². The summed E-state index contributed by atoms with van der Waals surface area (Å²) in [6.45, 7) is 2.56. The predicted octanol–water partition coefficient (Wildman–Crippen LogP) is 1.98. The van der Waals surface area contributed by atoms with Gasteiger partial charge in [0, 0.05) is 32.3 Å². The van der Waals surface area contributed by atoms with Crippen molar-refractivity contribution in [1.82, 2.24) is 10.6 Å². The molecule has 0 fully saturated rings. The monoisotopic (exact) mass is 354 g/mol. The standard InChI is InChI=1S/C12H16BrFN2O2.ClH/c1-18-7-6-15-4-5-16-12(17)9-2-3-11(14)10(13)8-9;/h2-3,8,15H,4-7H2,1H3,(H,16,17);1H. The van der Waals surface area contributed by atoms with Gasteiger partial charge in [-0.15, -0.1) is 12.4 Å². The Balaban J connectivity index is 0.00000324. The van der Waals surface area contributed by atoms with Crippen LogP contribution in [0.3, 0.4) is 0 Å². The number of methoxy groups -OCH3 is 1. The first-order valence-electron chi connectivity index (χ1n) is 5.58. The topological polar surface area (TPSA) is 50.4 Å². The highest BCUT2D eigenvalue weighted by Crippen LogP contribution is 2.16. The van der Waals surface area contributed by atoms with Crippen molar-refractivity contribution in [2.24, 2.45) is 0 Å². The van der Waals surface area contributed by atoms with Crippen LogP contribution in [-0.2, 0) is 4.74 Å². The van der Waals surface area contributed by atoms with E-state index in [4.69, 9.17) is 4.74 Å². The molecule has 0 aliphatic rings. The lowest BCUT2D eigenvalue weighted by molar-refractivity contribution is 0.0953. The van der Waals surface area contributed by atoms with E-state index in [2.05, 4.69) is 26.6 Å². The van der Waals surface area contributed by atoms with Gasteiger partial charge in [0.05, 0.1) is 11.1 Å². The fourth-order valence-electron chi connectivity index (χ4n) is 1.30. The molecule has 0 atom stereocenters. The molecule has 0 bridgehead atoms. The summed E-state index contributed by atoms with van der Waals surface area (Å²) < 4.78 is 18.1. The van der Waals surface area contributed by atoms with Crippen LogP contribution in [0.1, 0.15) is 10.4 Å². The number of hydrogen-bond donors (Lipinski definition) is 2. The largest absolute Gasteiger partial charge is 0.383 e. The minimum Gasteiger partial charge on any atom is -0.383 e. The van der Waals surface area contributed by atoms with Gasteiger partial charge in [0.1, 0.15) is 5.82 Å². The second-order valence-electron chi connectivity index (χ2n) is 3.63. The molecule has 0 radical (unpaired) electrons. The maximum absolute atomic E-state index is 13.0. The second kappa shape index (κ2) is 10.1. The Hall–Kier alpha value is -0.690. The molecule has 0 unspecified atom stereocenters. The van der Waals surface area contributed by atoms with E-state index in [0.717, 1.165) is 6.54 Å². The molecule has 0 aliphatic carbocycles. The molecule has 0 heterocycles. The summed E-state index contributed by atoms with van der Waals surface area (Å²) in [4.78, 5) is 11.7. The van der Waals surface area contributed by atoms with Gasteiger partial charge in [-0.05, 0) is 34.1 Å². The van der Waals surface area contributed by atoms with Crippen LogP contribution in [0, 0.1) is 5.82 Å². The Morgan fingerprint density at radius 3 is 2.74 bits per heavy atom. The SMILES string of the molecule is COCCNCCNC(=O)c1ccc(F)c(Br)c1.Cl. The summed E-state index contributed by atoms with van der Waals surface area (Å²) in [6, 6.07) is 4.17. The molecular weight excluding hydrogens is 338 g/mol.